The molecule has 262 valence electrons. The zero-order valence-electron chi connectivity index (χ0n) is 28.4. The van der Waals surface area contributed by atoms with E-state index in [0.29, 0.717) is 5.57 Å². The Labute approximate surface area is 278 Å². The maximum absolute atomic E-state index is 13.9. The fraction of sp³-hybridized carbons (Fsp3) is 0.629. The third kappa shape index (κ3) is 5.39. The number of aliphatic hydroxyl groups is 2. The summed E-state index contributed by atoms with van der Waals surface area (Å²) < 4.78 is 36.7. The maximum Gasteiger partial charge on any atom is 0.338 e. The van der Waals surface area contributed by atoms with Gasteiger partial charge in [0.05, 0.1) is 40.6 Å². The van der Waals surface area contributed by atoms with Crippen molar-refractivity contribution in [2.45, 2.75) is 116 Å². The van der Waals surface area contributed by atoms with E-state index < -0.39 is 94.4 Å². The van der Waals surface area contributed by atoms with Gasteiger partial charge in [-0.15, -0.1) is 0 Å². The minimum atomic E-state index is -1.84. The summed E-state index contributed by atoms with van der Waals surface area (Å²) in [6, 6.07) is 8.08. The number of fused-ring (bicyclic) bond motifs is 4. The number of carbonyl (C=O) groups is 5. The van der Waals surface area contributed by atoms with Crippen LogP contribution in [0.1, 0.15) is 78.6 Å². The van der Waals surface area contributed by atoms with Crippen molar-refractivity contribution in [3.63, 3.8) is 0 Å². The lowest BCUT2D eigenvalue weighted by Gasteiger charge is -2.65. The maximum atomic E-state index is 13.9. The fourth-order valence-corrected chi connectivity index (χ4v) is 8.97. The zero-order valence-corrected chi connectivity index (χ0v) is 28.4. The van der Waals surface area contributed by atoms with Crippen molar-refractivity contribution < 1.29 is 62.6 Å². The molecule has 2 N–H and O–H groups in total. The van der Waals surface area contributed by atoms with Gasteiger partial charge in [-0.25, -0.2) is 4.79 Å². The van der Waals surface area contributed by atoms with Gasteiger partial charge in [-0.05, 0) is 50.5 Å². The van der Waals surface area contributed by atoms with Crippen LogP contribution >= 0.6 is 0 Å². The topological polar surface area (TPSA) is 181 Å². The van der Waals surface area contributed by atoms with Crippen LogP contribution in [0.15, 0.2) is 41.5 Å². The van der Waals surface area contributed by atoms with Gasteiger partial charge in [-0.2, -0.15) is 0 Å². The standard InChI is InChI=1S/C35H44O13/c1-17-23(40)15-34(32(6,7)42)26(17)27(47-31(41)22-12-10-9-11-13-22)29(45-19(3)37)33(8)24(44-18(2)36)14-25-35(16-43-25,48-21(5)39)28(33)30(34)46-20(4)38/h9-13,23-25,27-30,40,42H,14-16H2,1-8H3/t23-,24+,25-,27+,28-,29-,30?,33+,34-,35-/m0/s1. The Morgan fingerprint density at radius 2 is 1.46 bits per heavy atom. The summed E-state index contributed by atoms with van der Waals surface area (Å²) in [7, 11) is 0. The number of ether oxygens (including phenoxy) is 6. The summed E-state index contributed by atoms with van der Waals surface area (Å²) >= 11 is 0. The van der Waals surface area contributed by atoms with Crippen molar-refractivity contribution in [3.8, 4) is 0 Å². The molecule has 1 heterocycles. The molecular formula is C35H44O13. The molecule has 10 atom stereocenters. The van der Waals surface area contributed by atoms with E-state index in [4.69, 9.17) is 28.4 Å². The molecule has 48 heavy (non-hydrogen) atoms. The Hall–Kier alpha value is -3.81. The average molecular weight is 673 g/mol. The summed E-state index contributed by atoms with van der Waals surface area (Å²) in [5.74, 6) is -4.96. The molecule has 3 fully saturated rings. The summed E-state index contributed by atoms with van der Waals surface area (Å²) in [4.78, 5) is 65.7. The van der Waals surface area contributed by atoms with Gasteiger partial charge in [0.15, 0.2) is 17.8 Å². The van der Waals surface area contributed by atoms with Crippen LogP contribution in [0.2, 0.25) is 0 Å². The molecule has 13 nitrogen and oxygen atoms in total. The summed E-state index contributed by atoms with van der Waals surface area (Å²) in [5, 5.41) is 23.9. The van der Waals surface area contributed by atoms with Crippen LogP contribution in [0, 0.1) is 16.7 Å². The van der Waals surface area contributed by atoms with Crippen LogP contribution in [0.5, 0.6) is 0 Å². The van der Waals surface area contributed by atoms with Gasteiger partial charge >= 0.3 is 29.8 Å². The van der Waals surface area contributed by atoms with Crippen molar-refractivity contribution in [3.05, 3.63) is 47.0 Å². The molecule has 0 amide bonds. The first kappa shape index (κ1) is 35.5. The largest absolute Gasteiger partial charge is 0.462 e. The van der Waals surface area contributed by atoms with E-state index in [1.807, 2.05) is 0 Å². The Kier molecular flexibility index (Phi) is 9.07. The lowest BCUT2D eigenvalue weighted by Crippen LogP contribution is -2.79. The molecule has 13 heteroatoms. The molecule has 4 aliphatic rings. The highest BCUT2D eigenvalue weighted by Gasteiger charge is 2.80. The third-order valence-corrected chi connectivity index (χ3v) is 10.8. The molecule has 0 spiro atoms. The van der Waals surface area contributed by atoms with E-state index in [9.17, 15) is 34.2 Å². The number of hydrogen-bond acceptors (Lipinski definition) is 13. The average Bonchev–Trinajstić information content (AvgIpc) is 3.21. The molecule has 1 saturated heterocycles. The number of carbonyl (C=O) groups excluding carboxylic acids is 5. The van der Waals surface area contributed by atoms with E-state index in [2.05, 4.69) is 0 Å². The van der Waals surface area contributed by atoms with Crippen LogP contribution in [-0.4, -0.2) is 94.5 Å². The summed E-state index contributed by atoms with van der Waals surface area (Å²) in [6.45, 7) is 10.8. The van der Waals surface area contributed by atoms with Crippen LogP contribution < -0.4 is 0 Å². The number of rotatable bonds is 7. The van der Waals surface area contributed by atoms with Crippen LogP contribution in [-0.2, 0) is 47.6 Å². The minimum Gasteiger partial charge on any atom is -0.462 e. The first-order valence-electron chi connectivity index (χ1n) is 16.0. The van der Waals surface area contributed by atoms with Gasteiger partial charge in [-0.3, -0.25) is 19.2 Å². The molecule has 0 bridgehead atoms. The second kappa shape index (κ2) is 12.3. The number of benzene rings is 1. The first-order chi connectivity index (χ1) is 22.3. The molecule has 3 aliphatic carbocycles. The van der Waals surface area contributed by atoms with Crippen molar-refractivity contribution in [2.75, 3.05) is 6.61 Å². The monoisotopic (exact) mass is 672 g/mol. The highest BCUT2D eigenvalue weighted by molar-refractivity contribution is 5.89. The number of esters is 5. The van der Waals surface area contributed by atoms with Gasteiger partial charge in [0.1, 0.15) is 18.3 Å². The van der Waals surface area contributed by atoms with Gasteiger partial charge in [0.2, 0.25) is 0 Å². The minimum absolute atomic E-state index is 0.0278. The molecule has 0 aromatic heterocycles. The fourth-order valence-electron chi connectivity index (χ4n) is 8.97. The Morgan fingerprint density at radius 1 is 0.875 bits per heavy atom. The summed E-state index contributed by atoms with van der Waals surface area (Å²) in [6.07, 6.45) is -7.94. The van der Waals surface area contributed by atoms with E-state index in [0.717, 1.165) is 6.92 Å². The normalized spacial score (nSPS) is 37.0. The lowest BCUT2D eigenvalue weighted by atomic mass is 9.49. The van der Waals surface area contributed by atoms with Gasteiger partial charge < -0.3 is 38.6 Å². The van der Waals surface area contributed by atoms with Crippen molar-refractivity contribution in [1.82, 2.24) is 0 Å². The second-order valence-electron chi connectivity index (χ2n) is 14.1. The predicted octanol–water partition coefficient (Wildman–Crippen LogP) is 2.59. The quantitative estimate of drug-likeness (QED) is 0.245. The number of hydrogen-bond donors (Lipinski definition) is 2. The SMILES string of the molecule is CC(=O)OC1[C@@H]2[C@]3(OC(C)=O)CO[C@H]3C[C@@H](OC(C)=O)[C@@]2(C)[C@@H](OC(C)=O)[C@H](OC(=O)c2ccccc2)C2=C(C)[C@@H](O)C[C@]21C(C)(C)O. The van der Waals surface area contributed by atoms with E-state index in [1.165, 1.54) is 46.8 Å². The molecule has 1 unspecified atom stereocenters. The molecule has 0 radical (unpaired) electrons. The molecule has 5 rings (SSSR count). The van der Waals surface area contributed by atoms with Crippen molar-refractivity contribution >= 4 is 29.8 Å². The predicted molar refractivity (Wildman–Crippen MR) is 165 cm³/mol. The van der Waals surface area contributed by atoms with Gasteiger partial charge in [0.25, 0.3) is 0 Å². The van der Waals surface area contributed by atoms with E-state index >= 15 is 0 Å². The lowest BCUT2D eigenvalue weighted by molar-refractivity contribution is -0.352. The van der Waals surface area contributed by atoms with E-state index in [1.54, 1.807) is 32.0 Å². The van der Waals surface area contributed by atoms with Crippen LogP contribution in [0.3, 0.4) is 0 Å². The smallest absolute Gasteiger partial charge is 0.338 e. The number of aliphatic hydroxyl groups excluding tert-OH is 1. The first-order valence-corrected chi connectivity index (χ1v) is 16.0. The van der Waals surface area contributed by atoms with Crippen LogP contribution in [0.25, 0.3) is 0 Å². The van der Waals surface area contributed by atoms with E-state index in [-0.39, 0.29) is 30.6 Å². The highest BCUT2D eigenvalue weighted by atomic mass is 16.6. The highest BCUT2D eigenvalue weighted by Crippen LogP contribution is 2.68. The Balaban J connectivity index is 1.93. The zero-order chi connectivity index (χ0) is 35.6. The molecule has 1 aromatic carbocycles. The molecule has 1 aromatic rings. The Bertz CT molecular complexity index is 1530. The van der Waals surface area contributed by atoms with Gasteiger partial charge in [0, 0.05) is 34.1 Å². The Morgan fingerprint density at radius 3 is 1.96 bits per heavy atom. The molecular weight excluding hydrogens is 628 g/mol. The van der Waals surface area contributed by atoms with Crippen molar-refractivity contribution in [2.24, 2.45) is 16.7 Å². The molecule has 2 saturated carbocycles. The third-order valence-electron chi connectivity index (χ3n) is 10.8. The van der Waals surface area contributed by atoms with Crippen molar-refractivity contribution in [1.29, 1.82) is 0 Å². The summed E-state index contributed by atoms with van der Waals surface area (Å²) in [5.41, 5.74) is -6.14. The van der Waals surface area contributed by atoms with Crippen LogP contribution in [0.4, 0.5) is 0 Å². The molecule has 1 aliphatic heterocycles. The van der Waals surface area contributed by atoms with Gasteiger partial charge in [-0.1, -0.05) is 25.1 Å². The second-order valence-corrected chi connectivity index (χ2v) is 14.1.